The van der Waals surface area contributed by atoms with Gasteiger partial charge in [-0.25, -0.2) is 4.79 Å². The summed E-state index contributed by atoms with van der Waals surface area (Å²) < 4.78 is 31.7. The molecule has 2 aliphatic rings. The standard InChI is InChI=1S/C19H28N2O.C2HF3O2/c1-16-4-6-18(7-5-16)14-20-11-3-8-19(15-20)9-12-21(13-10-19)17(2)22;3-2(4,5)1(6)7/h4-7H,3,8-15H2,1-2H3;(H,6,7). The Morgan fingerprint density at radius 2 is 1.62 bits per heavy atom. The summed E-state index contributed by atoms with van der Waals surface area (Å²) in [6.45, 7) is 9.23. The highest BCUT2D eigenvalue weighted by atomic mass is 19.4. The Morgan fingerprint density at radius 1 is 1.07 bits per heavy atom. The van der Waals surface area contributed by atoms with Gasteiger partial charge in [0.1, 0.15) is 0 Å². The lowest BCUT2D eigenvalue weighted by Gasteiger charge is -2.47. The average molecular weight is 414 g/mol. The fourth-order valence-corrected chi connectivity index (χ4v) is 4.10. The van der Waals surface area contributed by atoms with Crippen LogP contribution in [0.1, 0.15) is 43.7 Å². The van der Waals surface area contributed by atoms with E-state index < -0.39 is 12.1 Å². The number of rotatable bonds is 2. The minimum absolute atomic E-state index is 0.238. The Bertz CT molecular complexity index is 696. The molecule has 0 atom stereocenters. The van der Waals surface area contributed by atoms with E-state index in [2.05, 4.69) is 36.1 Å². The lowest BCUT2D eigenvalue weighted by molar-refractivity contribution is -0.192. The molecule has 2 saturated heterocycles. The normalized spacial score (nSPS) is 19.4. The van der Waals surface area contributed by atoms with Crippen molar-refractivity contribution in [2.45, 2.75) is 52.3 Å². The number of carboxylic acids is 1. The molecule has 29 heavy (non-hydrogen) atoms. The van der Waals surface area contributed by atoms with Gasteiger partial charge in [0.25, 0.3) is 0 Å². The Hall–Kier alpha value is -2.09. The van der Waals surface area contributed by atoms with Gasteiger partial charge in [-0.15, -0.1) is 0 Å². The number of piperidine rings is 2. The van der Waals surface area contributed by atoms with E-state index in [1.165, 1.54) is 49.9 Å². The largest absolute Gasteiger partial charge is 0.490 e. The first-order chi connectivity index (χ1) is 13.5. The molecule has 1 spiro atoms. The van der Waals surface area contributed by atoms with E-state index in [9.17, 15) is 18.0 Å². The van der Waals surface area contributed by atoms with E-state index in [4.69, 9.17) is 9.90 Å². The lowest BCUT2D eigenvalue weighted by Crippen LogP contribution is -2.50. The van der Waals surface area contributed by atoms with Crippen molar-refractivity contribution in [3.63, 3.8) is 0 Å². The Kier molecular flexibility index (Phi) is 7.68. The fraction of sp³-hybridized carbons (Fsp3) is 0.619. The summed E-state index contributed by atoms with van der Waals surface area (Å²) in [5, 5.41) is 7.12. The number of carboxylic acid groups (broad SMARTS) is 1. The molecule has 0 saturated carbocycles. The third kappa shape index (κ3) is 7.03. The highest BCUT2D eigenvalue weighted by Crippen LogP contribution is 2.40. The number of likely N-dealkylation sites (tertiary alicyclic amines) is 2. The first-order valence-electron chi connectivity index (χ1n) is 9.84. The van der Waals surface area contributed by atoms with E-state index >= 15 is 0 Å². The molecule has 2 aliphatic heterocycles. The van der Waals surface area contributed by atoms with Gasteiger partial charge in [0.15, 0.2) is 0 Å². The summed E-state index contributed by atoms with van der Waals surface area (Å²) in [4.78, 5) is 25.1. The number of carbonyl (C=O) groups is 2. The van der Waals surface area contributed by atoms with Crippen LogP contribution in [0.4, 0.5) is 13.2 Å². The summed E-state index contributed by atoms with van der Waals surface area (Å²) >= 11 is 0. The molecule has 2 fully saturated rings. The monoisotopic (exact) mass is 414 g/mol. The number of halogens is 3. The zero-order chi connectivity index (χ0) is 21.7. The van der Waals surface area contributed by atoms with Crippen molar-refractivity contribution >= 4 is 11.9 Å². The Balaban J connectivity index is 0.000000370. The van der Waals surface area contributed by atoms with Crippen LogP contribution in [0.2, 0.25) is 0 Å². The topological polar surface area (TPSA) is 60.9 Å². The number of aryl methyl sites for hydroxylation is 1. The Morgan fingerprint density at radius 3 is 2.10 bits per heavy atom. The number of carbonyl (C=O) groups excluding carboxylic acids is 1. The molecule has 0 aliphatic carbocycles. The molecule has 1 amide bonds. The number of alkyl halides is 3. The molecule has 1 aromatic rings. The number of nitrogens with zero attached hydrogens (tertiary/aromatic N) is 2. The maximum absolute atomic E-state index is 11.5. The minimum atomic E-state index is -5.08. The van der Waals surface area contributed by atoms with Gasteiger partial charge >= 0.3 is 12.1 Å². The molecule has 0 bridgehead atoms. The molecule has 3 rings (SSSR count). The third-order valence-electron chi connectivity index (χ3n) is 5.78. The summed E-state index contributed by atoms with van der Waals surface area (Å²) in [6, 6.07) is 8.94. The smallest absolute Gasteiger partial charge is 0.475 e. The molecule has 2 heterocycles. The molecule has 8 heteroatoms. The second-order valence-corrected chi connectivity index (χ2v) is 8.11. The summed E-state index contributed by atoms with van der Waals surface area (Å²) in [5.74, 6) is -2.52. The first-order valence-corrected chi connectivity index (χ1v) is 9.84. The second kappa shape index (κ2) is 9.61. The van der Waals surface area contributed by atoms with Crippen molar-refractivity contribution in [3.05, 3.63) is 35.4 Å². The van der Waals surface area contributed by atoms with Crippen molar-refractivity contribution < 1.29 is 27.9 Å². The van der Waals surface area contributed by atoms with Gasteiger partial charge in [-0.1, -0.05) is 29.8 Å². The number of aliphatic carboxylic acids is 1. The number of amides is 1. The maximum atomic E-state index is 11.5. The highest BCUT2D eigenvalue weighted by molar-refractivity contribution is 5.73. The molecule has 0 unspecified atom stereocenters. The molecule has 1 aromatic carbocycles. The van der Waals surface area contributed by atoms with Crippen molar-refractivity contribution in [2.75, 3.05) is 26.2 Å². The molecule has 1 N–H and O–H groups in total. The molecular weight excluding hydrogens is 385 g/mol. The van der Waals surface area contributed by atoms with Gasteiger partial charge in [-0.2, -0.15) is 13.2 Å². The molecular formula is C21H29F3N2O3. The molecule has 0 radical (unpaired) electrons. The number of hydrogen-bond donors (Lipinski definition) is 1. The van der Waals surface area contributed by atoms with Crippen LogP contribution in [0, 0.1) is 12.3 Å². The third-order valence-corrected chi connectivity index (χ3v) is 5.78. The van der Waals surface area contributed by atoms with Crippen molar-refractivity contribution in [3.8, 4) is 0 Å². The first kappa shape index (κ1) is 23.2. The lowest BCUT2D eigenvalue weighted by atomic mass is 9.72. The van der Waals surface area contributed by atoms with Crippen molar-refractivity contribution in [1.82, 2.24) is 9.80 Å². The van der Waals surface area contributed by atoms with Crippen LogP contribution in [0.3, 0.4) is 0 Å². The number of hydrogen-bond acceptors (Lipinski definition) is 3. The number of benzene rings is 1. The summed E-state index contributed by atoms with van der Waals surface area (Å²) in [7, 11) is 0. The van der Waals surface area contributed by atoms with Crippen LogP contribution >= 0.6 is 0 Å². The molecule has 5 nitrogen and oxygen atoms in total. The van der Waals surface area contributed by atoms with E-state index in [0.29, 0.717) is 5.41 Å². The summed E-state index contributed by atoms with van der Waals surface area (Å²) in [6.07, 6.45) is -0.0942. The predicted molar refractivity (Wildman–Crippen MR) is 103 cm³/mol. The van der Waals surface area contributed by atoms with Crippen molar-refractivity contribution in [2.24, 2.45) is 5.41 Å². The van der Waals surface area contributed by atoms with Crippen LogP contribution < -0.4 is 0 Å². The van der Waals surface area contributed by atoms with Gasteiger partial charge < -0.3 is 10.0 Å². The molecule has 162 valence electrons. The van der Waals surface area contributed by atoms with Gasteiger partial charge in [-0.3, -0.25) is 9.69 Å². The van der Waals surface area contributed by atoms with E-state index in [0.717, 1.165) is 19.6 Å². The van der Waals surface area contributed by atoms with Crippen LogP contribution in [0.25, 0.3) is 0 Å². The van der Waals surface area contributed by atoms with Crippen LogP contribution in [0.5, 0.6) is 0 Å². The van der Waals surface area contributed by atoms with Crippen LogP contribution in [-0.2, 0) is 16.1 Å². The highest BCUT2D eigenvalue weighted by Gasteiger charge is 2.39. The summed E-state index contributed by atoms with van der Waals surface area (Å²) in [5.41, 5.74) is 3.20. The zero-order valence-corrected chi connectivity index (χ0v) is 17.0. The van der Waals surface area contributed by atoms with Gasteiger partial charge in [0, 0.05) is 33.1 Å². The SMILES string of the molecule is CC(=O)N1CCC2(CCCN(Cc3ccc(C)cc3)C2)CC1.O=C(O)C(F)(F)F. The van der Waals surface area contributed by atoms with Gasteiger partial charge in [0.05, 0.1) is 0 Å². The second-order valence-electron chi connectivity index (χ2n) is 8.11. The molecule has 0 aromatic heterocycles. The fourth-order valence-electron chi connectivity index (χ4n) is 4.10. The van der Waals surface area contributed by atoms with Crippen LogP contribution in [0.15, 0.2) is 24.3 Å². The van der Waals surface area contributed by atoms with Gasteiger partial charge in [-0.05, 0) is 50.1 Å². The van der Waals surface area contributed by atoms with Gasteiger partial charge in [0.2, 0.25) is 5.91 Å². The predicted octanol–water partition coefficient (Wildman–Crippen LogP) is 3.85. The van der Waals surface area contributed by atoms with E-state index in [-0.39, 0.29) is 5.91 Å². The maximum Gasteiger partial charge on any atom is 0.490 e. The quantitative estimate of drug-likeness (QED) is 0.799. The van der Waals surface area contributed by atoms with E-state index in [1.54, 1.807) is 6.92 Å². The minimum Gasteiger partial charge on any atom is -0.475 e. The Labute approximate surface area is 169 Å². The van der Waals surface area contributed by atoms with E-state index in [1.807, 2.05) is 4.90 Å². The van der Waals surface area contributed by atoms with Crippen molar-refractivity contribution in [1.29, 1.82) is 0 Å². The average Bonchev–Trinajstić information content (AvgIpc) is 2.64. The zero-order valence-electron chi connectivity index (χ0n) is 17.0. The van der Waals surface area contributed by atoms with Crippen LogP contribution in [-0.4, -0.2) is 59.1 Å².